The molecule has 0 spiro atoms. The Morgan fingerprint density at radius 2 is 1.81 bits per heavy atom. The smallest absolute Gasteiger partial charge is 0.224 e. The van der Waals surface area contributed by atoms with Gasteiger partial charge in [0.15, 0.2) is 5.65 Å². The molecule has 0 amide bonds. The van der Waals surface area contributed by atoms with Crippen LogP contribution in [0.1, 0.15) is 63.5 Å². The molecule has 2 fully saturated rings. The van der Waals surface area contributed by atoms with E-state index in [1.165, 1.54) is 24.8 Å². The molecule has 1 aromatic carbocycles. The van der Waals surface area contributed by atoms with Crippen LogP contribution >= 0.6 is 0 Å². The zero-order valence-electron chi connectivity index (χ0n) is 21.9. The number of hydrogen-bond donors (Lipinski definition) is 2. The van der Waals surface area contributed by atoms with Gasteiger partial charge in [-0.15, -0.1) is 0 Å². The molecule has 0 radical (unpaired) electrons. The molecule has 5 rings (SSSR count). The van der Waals surface area contributed by atoms with Crippen molar-refractivity contribution in [1.29, 1.82) is 0 Å². The number of anilines is 1. The summed E-state index contributed by atoms with van der Waals surface area (Å²) in [5, 5.41) is 18.7. The first-order valence-electron chi connectivity index (χ1n) is 13.7. The summed E-state index contributed by atoms with van der Waals surface area (Å²) in [5.74, 6) is 0.638. The predicted octanol–water partition coefficient (Wildman–Crippen LogP) is 4.32. The van der Waals surface area contributed by atoms with Crippen molar-refractivity contribution in [3.8, 4) is 11.3 Å². The van der Waals surface area contributed by atoms with E-state index in [-0.39, 0.29) is 12.6 Å². The summed E-state index contributed by atoms with van der Waals surface area (Å²) in [4.78, 5) is 14.5. The maximum atomic E-state index is 9.15. The van der Waals surface area contributed by atoms with Crippen LogP contribution in [0.2, 0.25) is 0 Å². The van der Waals surface area contributed by atoms with E-state index < -0.39 is 0 Å². The minimum atomic E-state index is 0.202. The molecule has 1 unspecified atom stereocenters. The number of nitrogens with zero attached hydrogens (tertiary/aromatic N) is 6. The van der Waals surface area contributed by atoms with Crippen molar-refractivity contribution in [2.45, 2.75) is 70.5 Å². The average molecular weight is 492 g/mol. The molecular formula is C28H41N7O. The fraction of sp³-hybridized carbons (Fsp3) is 0.607. The second-order valence-electron chi connectivity index (χ2n) is 10.7. The normalized spacial score (nSPS) is 19.1. The molecule has 1 saturated heterocycles. The van der Waals surface area contributed by atoms with Crippen molar-refractivity contribution in [3.63, 3.8) is 0 Å². The largest absolute Gasteiger partial charge is 0.396 e. The van der Waals surface area contributed by atoms with Crippen LogP contribution < -0.4 is 5.32 Å². The van der Waals surface area contributed by atoms with Gasteiger partial charge in [0.1, 0.15) is 5.69 Å². The summed E-state index contributed by atoms with van der Waals surface area (Å²) in [5.41, 5.74) is 4.36. The minimum Gasteiger partial charge on any atom is -0.396 e. The third kappa shape index (κ3) is 5.88. The number of piperazine rings is 1. The lowest BCUT2D eigenvalue weighted by molar-refractivity contribution is 0.148. The predicted molar refractivity (Wildman–Crippen MR) is 145 cm³/mol. The van der Waals surface area contributed by atoms with Gasteiger partial charge in [0.2, 0.25) is 5.95 Å². The first-order chi connectivity index (χ1) is 17.6. The highest BCUT2D eigenvalue weighted by molar-refractivity contribution is 5.91. The summed E-state index contributed by atoms with van der Waals surface area (Å²) in [6, 6.07) is 9.51. The van der Waals surface area contributed by atoms with E-state index in [2.05, 4.69) is 63.0 Å². The maximum absolute atomic E-state index is 9.15. The van der Waals surface area contributed by atoms with Gasteiger partial charge in [-0.05, 0) is 45.2 Å². The zero-order chi connectivity index (χ0) is 24.9. The molecule has 8 heteroatoms. The molecule has 1 saturated carbocycles. The number of fused-ring (bicyclic) bond motifs is 1. The van der Waals surface area contributed by atoms with Gasteiger partial charge in [-0.1, -0.05) is 43.5 Å². The van der Waals surface area contributed by atoms with Gasteiger partial charge in [-0.2, -0.15) is 10.1 Å². The fourth-order valence-corrected chi connectivity index (χ4v) is 5.51. The molecular weight excluding hydrogens is 450 g/mol. The third-order valence-electron chi connectivity index (χ3n) is 7.77. The molecule has 8 nitrogen and oxygen atoms in total. The van der Waals surface area contributed by atoms with Gasteiger partial charge >= 0.3 is 0 Å². The van der Waals surface area contributed by atoms with Crippen LogP contribution in [0, 0.1) is 0 Å². The quantitative estimate of drug-likeness (QED) is 0.461. The Morgan fingerprint density at radius 3 is 2.53 bits per heavy atom. The van der Waals surface area contributed by atoms with E-state index in [9.17, 15) is 0 Å². The summed E-state index contributed by atoms with van der Waals surface area (Å²) >= 11 is 0. The van der Waals surface area contributed by atoms with Gasteiger partial charge < -0.3 is 15.3 Å². The van der Waals surface area contributed by atoms with E-state index in [1.54, 1.807) is 0 Å². The number of aliphatic hydroxyl groups is 1. The molecule has 36 heavy (non-hydrogen) atoms. The highest BCUT2D eigenvalue weighted by atomic mass is 16.2. The van der Waals surface area contributed by atoms with Crippen LogP contribution in [-0.2, 0) is 6.54 Å². The van der Waals surface area contributed by atoms with E-state index in [0.717, 1.165) is 80.7 Å². The Balaban J connectivity index is 1.41. The second-order valence-corrected chi connectivity index (χ2v) is 10.7. The van der Waals surface area contributed by atoms with Gasteiger partial charge in [-0.25, -0.2) is 9.67 Å². The molecule has 3 aromatic rings. The van der Waals surface area contributed by atoms with E-state index >= 15 is 0 Å². The zero-order valence-corrected chi connectivity index (χ0v) is 21.9. The summed E-state index contributed by atoms with van der Waals surface area (Å²) in [6.45, 7) is 7.84. The highest BCUT2D eigenvalue weighted by Gasteiger charge is 2.23. The molecule has 2 aliphatic rings. The SMILES string of the molecule is CC(CCCO)Nc1ncc2c(-c3ccc(CN4CCN(C)CC4)cc3)nn(C3CCCCC3)c2n1. The number of aromatic nitrogens is 4. The summed E-state index contributed by atoms with van der Waals surface area (Å²) in [7, 11) is 2.20. The van der Waals surface area contributed by atoms with Crippen LogP contribution in [0.15, 0.2) is 30.5 Å². The van der Waals surface area contributed by atoms with E-state index in [0.29, 0.717) is 12.0 Å². The first kappa shape index (κ1) is 25.1. The van der Waals surface area contributed by atoms with Crippen molar-refractivity contribution in [2.24, 2.45) is 0 Å². The number of benzene rings is 1. The van der Waals surface area contributed by atoms with Crippen LogP contribution in [-0.4, -0.2) is 80.5 Å². The molecule has 2 N–H and O–H groups in total. The average Bonchev–Trinajstić information content (AvgIpc) is 3.28. The van der Waals surface area contributed by atoms with Crippen molar-refractivity contribution in [1.82, 2.24) is 29.5 Å². The van der Waals surface area contributed by atoms with E-state index in [1.807, 2.05) is 6.20 Å². The molecule has 194 valence electrons. The lowest BCUT2D eigenvalue weighted by Crippen LogP contribution is -2.43. The first-order valence-corrected chi connectivity index (χ1v) is 13.7. The third-order valence-corrected chi connectivity index (χ3v) is 7.77. The summed E-state index contributed by atoms with van der Waals surface area (Å²) < 4.78 is 2.17. The summed E-state index contributed by atoms with van der Waals surface area (Å²) in [6.07, 6.45) is 9.69. The Kier molecular flexibility index (Phi) is 8.14. The van der Waals surface area contributed by atoms with Gasteiger partial charge in [0, 0.05) is 57.1 Å². The Morgan fingerprint density at radius 1 is 1.06 bits per heavy atom. The second kappa shape index (κ2) is 11.7. The Labute approximate surface area is 214 Å². The van der Waals surface area contributed by atoms with Gasteiger partial charge in [0.25, 0.3) is 0 Å². The fourth-order valence-electron chi connectivity index (χ4n) is 5.51. The van der Waals surface area contributed by atoms with Crippen LogP contribution in [0.5, 0.6) is 0 Å². The lowest BCUT2D eigenvalue weighted by atomic mass is 9.96. The molecule has 1 atom stereocenters. The maximum Gasteiger partial charge on any atom is 0.224 e. The minimum absolute atomic E-state index is 0.202. The number of nitrogens with one attached hydrogen (secondary N) is 1. The van der Waals surface area contributed by atoms with Crippen molar-refractivity contribution in [2.75, 3.05) is 45.2 Å². The Bertz CT molecular complexity index is 1110. The highest BCUT2D eigenvalue weighted by Crippen LogP contribution is 2.34. The van der Waals surface area contributed by atoms with Crippen LogP contribution in [0.25, 0.3) is 22.3 Å². The number of aliphatic hydroxyl groups excluding tert-OH is 1. The molecule has 3 heterocycles. The molecule has 0 bridgehead atoms. The van der Waals surface area contributed by atoms with Crippen molar-refractivity contribution < 1.29 is 5.11 Å². The molecule has 1 aliphatic carbocycles. The van der Waals surface area contributed by atoms with Crippen LogP contribution in [0.4, 0.5) is 5.95 Å². The van der Waals surface area contributed by atoms with Crippen LogP contribution in [0.3, 0.4) is 0 Å². The topological polar surface area (TPSA) is 82.3 Å². The Hall–Kier alpha value is -2.55. The van der Waals surface area contributed by atoms with Crippen molar-refractivity contribution >= 4 is 17.0 Å². The monoisotopic (exact) mass is 491 g/mol. The molecule has 1 aliphatic heterocycles. The van der Waals surface area contributed by atoms with Gasteiger partial charge in [0.05, 0.1) is 11.4 Å². The number of likely N-dealkylation sites (N-methyl/N-ethyl adjacent to an activating group) is 1. The standard InChI is InChI=1S/C28H41N7O/c1-21(7-6-18-36)30-28-29-19-25-26(32-35(27(25)31-28)24-8-4-3-5-9-24)23-12-10-22(11-13-23)20-34-16-14-33(2)15-17-34/h10-13,19,21,24,36H,3-9,14-18,20H2,1-2H3,(H,29,30,31). The molecule has 2 aromatic heterocycles. The number of rotatable bonds is 9. The van der Waals surface area contributed by atoms with Gasteiger partial charge in [-0.3, -0.25) is 4.90 Å². The number of hydrogen-bond acceptors (Lipinski definition) is 7. The van der Waals surface area contributed by atoms with E-state index in [4.69, 9.17) is 15.2 Å². The van der Waals surface area contributed by atoms with Crippen molar-refractivity contribution in [3.05, 3.63) is 36.0 Å². The lowest BCUT2D eigenvalue weighted by Gasteiger charge is -2.32.